The first kappa shape index (κ1) is 14.0. The van der Waals surface area contributed by atoms with Crippen molar-refractivity contribution in [1.82, 2.24) is 5.32 Å². The smallest absolute Gasteiger partial charge is 0.0462 e. The molecule has 0 radical (unpaired) electrons. The molecule has 96 valence electrons. The minimum atomic E-state index is 0.916. The van der Waals surface area contributed by atoms with E-state index in [1.165, 1.54) is 51.5 Å². The van der Waals surface area contributed by atoms with E-state index in [1.807, 2.05) is 0 Å². The number of rotatable bonds is 9. The van der Waals surface area contributed by atoms with Crippen LogP contribution in [0.5, 0.6) is 0 Å². The van der Waals surface area contributed by atoms with E-state index in [0.717, 1.165) is 25.0 Å². The lowest BCUT2D eigenvalue weighted by molar-refractivity contribution is 0.186. The summed E-state index contributed by atoms with van der Waals surface area (Å²) in [5, 5.41) is 3.53. The quantitative estimate of drug-likeness (QED) is 0.611. The summed E-state index contributed by atoms with van der Waals surface area (Å²) >= 11 is 0. The molecule has 0 amide bonds. The van der Waals surface area contributed by atoms with Crippen molar-refractivity contribution >= 4 is 0 Å². The summed E-state index contributed by atoms with van der Waals surface area (Å²) in [5.74, 6) is 1.92. The topological polar surface area (TPSA) is 21.3 Å². The molecule has 1 N–H and O–H groups in total. The monoisotopic (exact) mass is 227 g/mol. The van der Waals surface area contributed by atoms with E-state index in [-0.39, 0.29) is 0 Å². The van der Waals surface area contributed by atoms with Gasteiger partial charge in [0.25, 0.3) is 0 Å². The van der Waals surface area contributed by atoms with E-state index in [4.69, 9.17) is 4.74 Å². The molecule has 0 spiro atoms. The van der Waals surface area contributed by atoms with Crippen molar-refractivity contribution in [3.63, 3.8) is 0 Å². The fourth-order valence-electron chi connectivity index (χ4n) is 2.92. The molecule has 1 rings (SSSR count). The molecule has 1 saturated carbocycles. The van der Waals surface area contributed by atoms with E-state index in [1.54, 1.807) is 7.11 Å². The Labute approximate surface area is 101 Å². The summed E-state index contributed by atoms with van der Waals surface area (Å²) in [6, 6.07) is 0. The molecule has 0 saturated heterocycles. The molecule has 0 aliphatic heterocycles. The standard InChI is InChI=1S/C14H29NO/c1-3-15-12-14(10-6-7-11-16-2)13-8-4-5-9-13/h13-15H,3-12H2,1-2H3. The molecule has 0 aromatic carbocycles. The van der Waals surface area contributed by atoms with Gasteiger partial charge in [-0.05, 0) is 37.8 Å². The van der Waals surface area contributed by atoms with Gasteiger partial charge in [0, 0.05) is 13.7 Å². The van der Waals surface area contributed by atoms with Gasteiger partial charge in [-0.25, -0.2) is 0 Å². The first-order chi connectivity index (χ1) is 7.88. The number of methoxy groups -OCH3 is 1. The van der Waals surface area contributed by atoms with Gasteiger partial charge in [0.1, 0.15) is 0 Å². The molecule has 0 heterocycles. The fourth-order valence-corrected chi connectivity index (χ4v) is 2.92. The summed E-state index contributed by atoms with van der Waals surface area (Å²) in [4.78, 5) is 0. The average molecular weight is 227 g/mol. The maximum Gasteiger partial charge on any atom is 0.0462 e. The van der Waals surface area contributed by atoms with Crippen molar-refractivity contribution in [3.05, 3.63) is 0 Å². The molecule has 0 bridgehead atoms. The van der Waals surface area contributed by atoms with Crippen molar-refractivity contribution in [2.75, 3.05) is 26.8 Å². The van der Waals surface area contributed by atoms with Crippen LogP contribution in [0.15, 0.2) is 0 Å². The molecule has 0 aromatic heterocycles. The Kier molecular flexibility index (Phi) is 7.87. The maximum atomic E-state index is 5.11. The lowest BCUT2D eigenvalue weighted by Gasteiger charge is -2.23. The summed E-state index contributed by atoms with van der Waals surface area (Å²) in [6.07, 6.45) is 9.82. The molecule has 0 aromatic rings. The number of ether oxygens (including phenoxy) is 1. The fraction of sp³-hybridized carbons (Fsp3) is 1.00. The highest BCUT2D eigenvalue weighted by molar-refractivity contribution is 4.77. The van der Waals surface area contributed by atoms with E-state index in [0.29, 0.717) is 0 Å². The maximum absolute atomic E-state index is 5.11. The van der Waals surface area contributed by atoms with Gasteiger partial charge in [0.15, 0.2) is 0 Å². The largest absolute Gasteiger partial charge is 0.385 e. The Balaban J connectivity index is 2.19. The highest BCUT2D eigenvalue weighted by Crippen LogP contribution is 2.33. The SMILES string of the molecule is CCNCC(CCCCOC)C1CCCC1. The third-order valence-electron chi connectivity index (χ3n) is 3.90. The van der Waals surface area contributed by atoms with Crippen LogP contribution in [0.2, 0.25) is 0 Å². The third kappa shape index (κ3) is 5.31. The zero-order valence-electron chi connectivity index (χ0n) is 11.1. The van der Waals surface area contributed by atoms with Crippen LogP contribution in [-0.2, 0) is 4.74 Å². The van der Waals surface area contributed by atoms with Crippen LogP contribution < -0.4 is 5.32 Å². The van der Waals surface area contributed by atoms with Gasteiger partial charge in [-0.1, -0.05) is 39.0 Å². The van der Waals surface area contributed by atoms with Crippen LogP contribution in [0.3, 0.4) is 0 Å². The van der Waals surface area contributed by atoms with Gasteiger partial charge in [-0.2, -0.15) is 0 Å². The summed E-state index contributed by atoms with van der Waals surface area (Å²) in [6.45, 7) is 5.48. The molecular weight excluding hydrogens is 198 g/mol. The average Bonchev–Trinajstić information content (AvgIpc) is 2.82. The van der Waals surface area contributed by atoms with Gasteiger partial charge >= 0.3 is 0 Å². The lowest BCUT2D eigenvalue weighted by atomic mass is 9.86. The van der Waals surface area contributed by atoms with Crippen LogP contribution in [0, 0.1) is 11.8 Å². The zero-order valence-corrected chi connectivity index (χ0v) is 11.1. The van der Waals surface area contributed by atoms with Gasteiger partial charge in [-0.15, -0.1) is 0 Å². The molecule has 1 unspecified atom stereocenters. The van der Waals surface area contributed by atoms with Crippen LogP contribution in [-0.4, -0.2) is 26.8 Å². The molecule has 16 heavy (non-hydrogen) atoms. The zero-order chi connectivity index (χ0) is 11.6. The second-order valence-electron chi connectivity index (χ2n) is 5.10. The number of unbranched alkanes of at least 4 members (excludes halogenated alkanes) is 1. The normalized spacial score (nSPS) is 19.1. The Morgan fingerprint density at radius 3 is 2.62 bits per heavy atom. The Morgan fingerprint density at radius 2 is 2.00 bits per heavy atom. The van der Waals surface area contributed by atoms with E-state index >= 15 is 0 Å². The van der Waals surface area contributed by atoms with Crippen molar-refractivity contribution in [3.8, 4) is 0 Å². The second kappa shape index (κ2) is 9.00. The highest BCUT2D eigenvalue weighted by atomic mass is 16.5. The van der Waals surface area contributed by atoms with Crippen LogP contribution in [0.1, 0.15) is 51.9 Å². The predicted octanol–water partition coefficient (Wildman–Crippen LogP) is 3.22. The van der Waals surface area contributed by atoms with Crippen LogP contribution >= 0.6 is 0 Å². The molecule has 1 fully saturated rings. The molecule has 1 aliphatic rings. The first-order valence-electron chi connectivity index (χ1n) is 7.08. The van der Waals surface area contributed by atoms with E-state index < -0.39 is 0 Å². The Hall–Kier alpha value is -0.0800. The molecule has 2 nitrogen and oxygen atoms in total. The number of hydrogen-bond acceptors (Lipinski definition) is 2. The van der Waals surface area contributed by atoms with E-state index in [2.05, 4.69) is 12.2 Å². The van der Waals surface area contributed by atoms with Gasteiger partial charge < -0.3 is 10.1 Å². The van der Waals surface area contributed by atoms with Crippen molar-refractivity contribution in [2.45, 2.75) is 51.9 Å². The summed E-state index contributed by atoms with van der Waals surface area (Å²) < 4.78 is 5.11. The highest BCUT2D eigenvalue weighted by Gasteiger charge is 2.23. The van der Waals surface area contributed by atoms with Crippen LogP contribution in [0.25, 0.3) is 0 Å². The van der Waals surface area contributed by atoms with Gasteiger partial charge in [0.2, 0.25) is 0 Å². The number of nitrogens with one attached hydrogen (secondary N) is 1. The minimum Gasteiger partial charge on any atom is -0.385 e. The Morgan fingerprint density at radius 1 is 1.25 bits per heavy atom. The first-order valence-corrected chi connectivity index (χ1v) is 7.08. The molecule has 2 heteroatoms. The summed E-state index contributed by atoms with van der Waals surface area (Å²) in [7, 11) is 1.80. The van der Waals surface area contributed by atoms with Gasteiger partial charge in [0.05, 0.1) is 0 Å². The lowest BCUT2D eigenvalue weighted by Crippen LogP contribution is -2.27. The Bertz CT molecular complexity index is 155. The van der Waals surface area contributed by atoms with Crippen molar-refractivity contribution < 1.29 is 4.74 Å². The van der Waals surface area contributed by atoms with Crippen LogP contribution in [0.4, 0.5) is 0 Å². The number of hydrogen-bond donors (Lipinski definition) is 1. The van der Waals surface area contributed by atoms with Crippen molar-refractivity contribution in [2.24, 2.45) is 11.8 Å². The third-order valence-corrected chi connectivity index (χ3v) is 3.90. The molecule has 1 atom stereocenters. The predicted molar refractivity (Wildman–Crippen MR) is 69.7 cm³/mol. The summed E-state index contributed by atoms with van der Waals surface area (Å²) in [5.41, 5.74) is 0. The van der Waals surface area contributed by atoms with Gasteiger partial charge in [-0.3, -0.25) is 0 Å². The molecular formula is C14H29NO. The van der Waals surface area contributed by atoms with Crippen molar-refractivity contribution in [1.29, 1.82) is 0 Å². The molecule has 1 aliphatic carbocycles. The second-order valence-corrected chi connectivity index (χ2v) is 5.10. The minimum absolute atomic E-state index is 0.916. The van der Waals surface area contributed by atoms with E-state index in [9.17, 15) is 0 Å².